The van der Waals surface area contributed by atoms with E-state index in [2.05, 4.69) is 28.6 Å². The van der Waals surface area contributed by atoms with Gasteiger partial charge < -0.3 is 0 Å². The third-order valence-electron chi connectivity index (χ3n) is 4.27. The van der Waals surface area contributed by atoms with E-state index in [-0.39, 0.29) is 6.04 Å². The Bertz CT molecular complexity index is 546. The normalized spacial score (nSPS) is 18.6. The fourth-order valence-electron chi connectivity index (χ4n) is 3.23. The van der Waals surface area contributed by atoms with Crippen molar-refractivity contribution >= 4 is 10.9 Å². The average Bonchev–Trinajstić information content (AvgIpc) is 2.49. The summed E-state index contributed by atoms with van der Waals surface area (Å²) in [5, 5.41) is 1.19. The molecule has 1 unspecified atom stereocenters. The Morgan fingerprint density at radius 2 is 1.95 bits per heavy atom. The Hall–Kier alpha value is -1.45. The van der Waals surface area contributed by atoms with Crippen molar-refractivity contribution in [1.82, 2.24) is 10.4 Å². The van der Waals surface area contributed by atoms with Crippen LogP contribution in [-0.4, -0.2) is 4.98 Å². The van der Waals surface area contributed by atoms with E-state index in [0.717, 1.165) is 5.52 Å². The lowest BCUT2D eigenvalue weighted by atomic mass is 9.81. The van der Waals surface area contributed by atoms with Crippen LogP contribution in [0.25, 0.3) is 10.9 Å². The van der Waals surface area contributed by atoms with Crippen LogP contribution in [0.2, 0.25) is 0 Å². The molecule has 0 bridgehead atoms. The molecule has 0 saturated heterocycles. The molecule has 1 aliphatic rings. The SMILES string of the molecule is NNC(c1cnc2ccccc2c1)C1CCCCC1. The predicted molar refractivity (Wildman–Crippen MR) is 78.4 cm³/mol. The van der Waals surface area contributed by atoms with E-state index in [0.29, 0.717) is 5.92 Å². The molecule has 1 atom stereocenters. The maximum absolute atomic E-state index is 5.80. The number of hydrogen-bond acceptors (Lipinski definition) is 3. The molecule has 3 heteroatoms. The van der Waals surface area contributed by atoms with Gasteiger partial charge in [0.25, 0.3) is 0 Å². The van der Waals surface area contributed by atoms with E-state index < -0.39 is 0 Å². The van der Waals surface area contributed by atoms with Crippen molar-refractivity contribution in [1.29, 1.82) is 0 Å². The molecule has 0 aliphatic heterocycles. The second-order valence-electron chi connectivity index (χ2n) is 5.50. The maximum Gasteiger partial charge on any atom is 0.0702 e. The molecule has 3 rings (SSSR count). The van der Waals surface area contributed by atoms with Gasteiger partial charge in [0.05, 0.1) is 11.6 Å². The number of fused-ring (bicyclic) bond motifs is 1. The first-order chi connectivity index (χ1) is 9.38. The van der Waals surface area contributed by atoms with Crippen molar-refractivity contribution in [2.24, 2.45) is 11.8 Å². The Morgan fingerprint density at radius 1 is 1.16 bits per heavy atom. The first kappa shape index (κ1) is 12.6. The second-order valence-corrected chi connectivity index (χ2v) is 5.50. The summed E-state index contributed by atoms with van der Waals surface area (Å²) in [6.45, 7) is 0. The van der Waals surface area contributed by atoms with Crippen LogP contribution < -0.4 is 11.3 Å². The summed E-state index contributed by atoms with van der Waals surface area (Å²) in [5.41, 5.74) is 5.28. The number of nitrogens with zero attached hydrogens (tertiary/aromatic N) is 1. The van der Waals surface area contributed by atoms with Gasteiger partial charge in [-0.3, -0.25) is 16.3 Å². The topological polar surface area (TPSA) is 50.9 Å². The molecular formula is C16H21N3. The van der Waals surface area contributed by atoms with Gasteiger partial charge in [0.1, 0.15) is 0 Å². The molecule has 0 spiro atoms. The molecule has 0 radical (unpaired) electrons. The minimum Gasteiger partial charge on any atom is -0.271 e. The van der Waals surface area contributed by atoms with Gasteiger partial charge in [0.2, 0.25) is 0 Å². The molecule has 3 N–H and O–H groups in total. The predicted octanol–water partition coefficient (Wildman–Crippen LogP) is 3.32. The summed E-state index contributed by atoms with van der Waals surface area (Å²) < 4.78 is 0. The lowest BCUT2D eigenvalue weighted by Gasteiger charge is -2.30. The Morgan fingerprint density at radius 3 is 2.74 bits per heavy atom. The number of hydrogen-bond donors (Lipinski definition) is 2. The van der Waals surface area contributed by atoms with Gasteiger partial charge in [-0.05, 0) is 36.5 Å². The van der Waals surface area contributed by atoms with E-state index in [1.54, 1.807) is 0 Å². The van der Waals surface area contributed by atoms with Crippen molar-refractivity contribution < 1.29 is 0 Å². The van der Waals surface area contributed by atoms with Gasteiger partial charge in [-0.2, -0.15) is 0 Å². The molecule has 1 aromatic heterocycles. The molecule has 1 heterocycles. The second kappa shape index (κ2) is 5.68. The maximum atomic E-state index is 5.80. The highest BCUT2D eigenvalue weighted by Crippen LogP contribution is 2.34. The molecule has 1 fully saturated rings. The van der Waals surface area contributed by atoms with Gasteiger partial charge in [-0.25, -0.2) is 0 Å². The van der Waals surface area contributed by atoms with Crippen LogP contribution in [0, 0.1) is 5.92 Å². The van der Waals surface area contributed by atoms with E-state index in [1.807, 2.05) is 18.3 Å². The van der Waals surface area contributed by atoms with Crippen molar-refractivity contribution in [2.75, 3.05) is 0 Å². The van der Waals surface area contributed by atoms with Crippen LogP contribution >= 0.6 is 0 Å². The Labute approximate surface area is 114 Å². The zero-order chi connectivity index (χ0) is 13.1. The first-order valence-electron chi connectivity index (χ1n) is 7.19. The van der Waals surface area contributed by atoms with Gasteiger partial charge in [0, 0.05) is 11.6 Å². The summed E-state index contributed by atoms with van der Waals surface area (Å²) in [4.78, 5) is 4.55. The zero-order valence-electron chi connectivity index (χ0n) is 11.2. The molecule has 19 heavy (non-hydrogen) atoms. The minimum absolute atomic E-state index is 0.234. The fraction of sp³-hybridized carbons (Fsp3) is 0.438. The zero-order valence-corrected chi connectivity index (χ0v) is 11.2. The van der Waals surface area contributed by atoms with Crippen molar-refractivity contribution in [3.8, 4) is 0 Å². The number of aromatic nitrogens is 1. The fourth-order valence-corrected chi connectivity index (χ4v) is 3.23. The van der Waals surface area contributed by atoms with Crippen LogP contribution in [0.4, 0.5) is 0 Å². The molecule has 100 valence electrons. The monoisotopic (exact) mass is 255 g/mol. The smallest absolute Gasteiger partial charge is 0.0702 e. The van der Waals surface area contributed by atoms with Gasteiger partial charge in [-0.15, -0.1) is 0 Å². The molecule has 1 saturated carbocycles. The summed E-state index contributed by atoms with van der Waals surface area (Å²) in [5.74, 6) is 6.44. The van der Waals surface area contributed by atoms with Gasteiger partial charge in [0.15, 0.2) is 0 Å². The van der Waals surface area contributed by atoms with Crippen LogP contribution in [0.15, 0.2) is 36.5 Å². The van der Waals surface area contributed by atoms with Crippen molar-refractivity contribution in [3.63, 3.8) is 0 Å². The van der Waals surface area contributed by atoms with Gasteiger partial charge >= 0.3 is 0 Å². The third-order valence-corrected chi connectivity index (χ3v) is 4.27. The number of rotatable bonds is 3. The highest BCUT2D eigenvalue weighted by atomic mass is 15.2. The first-order valence-corrected chi connectivity index (χ1v) is 7.19. The average molecular weight is 255 g/mol. The van der Waals surface area contributed by atoms with Gasteiger partial charge in [-0.1, -0.05) is 37.5 Å². The summed E-state index contributed by atoms with van der Waals surface area (Å²) in [6.07, 6.45) is 8.52. The van der Waals surface area contributed by atoms with E-state index in [9.17, 15) is 0 Å². The quantitative estimate of drug-likeness (QED) is 0.653. The lowest BCUT2D eigenvalue weighted by Crippen LogP contribution is -2.34. The van der Waals surface area contributed by atoms with Crippen molar-refractivity contribution in [2.45, 2.75) is 38.1 Å². The van der Waals surface area contributed by atoms with Crippen LogP contribution in [0.5, 0.6) is 0 Å². The number of para-hydroxylation sites is 1. The number of hydrazine groups is 1. The Balaban J connectivity index is 1.91. The minimum atomic E-state index is 0.234. The standard InChI is InChI=1S/C16H21N3/c17-19-16(12-6-2-1-3-7-12)14-10-13-8-4-5-9-15(13)18-11-14/h4-5,8-12,16,19H,1-3,6-7,17H2. The van der Waals surface area contributed by atoms with Crippen LogP contribution in [0.3, 0.4) is 0 Å². The van der Waals surface area contributed by atoms with Crippen LogP contribution in [0.1, 0.15) is 43.7 Å². The molecule has 1 aromatic carbocycles. The third kappa shape index (κ3) is 2.62. The summed E-state index contributed by atoms with van der Waals surface area (Å²) >= 11 is 0. The highest BCUT2D eigenvalue weighted by molar-refractivity contribution is 5.78. The number of nitrogens with two attached hydrogens (primary N) is 1. The molecule has 0 amide bonds. The molecule has 2 aromatic rings. The highest BCUT2D eigenvalue weighted by Gasteiger charge is 2.24. The van der Waals surface area contributed by atoms with E-state index in [1.165, 1.54) is 43.1 Å². The van der Waals surface area contributed by atoms with E-state index in [4.69, 9.17) is 5.84 Å². The Kier molecular flexibility index (Phi) is 3.76. The number of benzene rings is 1. The van der Waals surface area contributed by atoms with E-state index >= 15 is 0 Å². The van der Waals surface area contributed by atoms with Crippen molar-refractivity contribution in [3.05, 3.63) is 42.1 Å². The largest absolute Gasteiger partial charge is 0.271 e. The molecule has 3 nitrogen and oxygen atoms in total. The summed E-state index contributed by atoms with van der Waals surface area (Å²) in [6, 6.07) is 10.7. The molecule has 1 aliphatic carbocycles. The number of nitrogens with one attached hydrogen (secondary N) is 1. The lowest BCUT2D eigenvalue weighted by molar-refractivity contribution is 0.273. The number of pyridine rings is 1. The summed E-state index contributed by atoms with van der Waals surface area (Å²) in [7, 11) is 0. The molecular weight excluding hydrogens is 234 g/mol. The van der Waals surface area contributed by atoms with Crippen LogP contribution in [-0.2, 0) is 0 Å².